The lowest BCUT2D eigenvalue weighted by Gasteiger charge is -2.48. The number of likely N-dealkylation sites (tertiary alicyclic amines) is 1. The zero-order chi connectivity index (χ0) is 21.3. The normalized spacial score (nSPS) is 34.6. The zero-order valence-corrected chi connectivity index (χ0v) is 18.5. The average molecular weight is 416 g/mol. The van der Waals surface area contributed by atoms with Crippen molar-refractivity contribution in [3.8, 4) is 0 Å². The first-order valence-corrected chi connectivity index (χ1v) is 11.9. The van der Waals surface area contributed by atoms with Crippen LogP contribution < -0.4 is 5.56 Å². The van der Waals surface area contributed by atoms with Crippen molar-refractivity contribution in [2.24, 2.45) is 29.1 Å². The highest BCUT2D eigenvalue weighted by Gasteiger charge is 2.51. The summed E-state index contributed by atoms with van der Waals surface area (Å²) in [6.07, 6.45) is 12.4. The number of hydrogen-bond acceptors (Lipinski definition) is 4. The summed E-state index contributed by atoms with van der Waals surface area (Å²) in [7, 11) is 0. The monoisotopic (exact) mass is 415 g/mol. The second-order valence-corrected chi connectivity index (χ2v) is 10.3. The molecule has 5 unspecified atom stereocenters. The number of nitrogens with zero attached hydrogens (tertiary/aromatic N) is 3. The van der Waals surface area contributed by atoms with Crippen molar-refractivity contribution in [2.75, 3.05) is 13.1 Å². The van der Waals surface area contributed by atoms with Crippen LogP contribution in [-0.4, -0.2) is 44.7 Å². The molecular formula is C24H37N3O3. The molecule has 6 nitrogen and oxygen atoms in total. The summed E-state index contributed by atoms with van der Waals surface area (Å²) >= 11 is 0. The largest absolute Gasteiger partial charge is 0.392 e. The van der Waals surface area contributed by atoms with Crippen LogP contribution in [0, 0.1) is 29.1 Å². The number of carbonyl (C=O) groups excluding carboxylic acids is 1. The van der Waals surface area contributed by atoms with Gasteiger partial charge < -0.3 is 10.0 Å². The minimum absolute atomic E-state index is 0.0295. The first-order valence-electron chi connectivity index (χ1n) is 11.9. The maximum Gasteiger partial charge on any atom is 0.253 e. The number of carbonyl (C=O) groups is 1. The molecule has 4 aliphatic rings. The standard InChI is InChI=1S/C18H27N3O3.C6H10/c1-13(2)17(24)20-9-6-14(10-21-12-19-8-5-16(21)23)18(11-20)7-3-4-15(18)22;1-2-5-4-6(5)3-1/h5,8,12-15,22H,3-4,6-7,9-11H2,1-2H3;5-6H,1-4H2. The van der Waals surface area contributed by atoms with E-state index in [1.165, 1.54) is 30.5 Å². The van der Waals surface area contributed by atoms with E-state index in [2.05, 4.69) is 4.98 Å². The summed E-state index contributed by atoms with van der Waals surface area (Å²) in [6.45, 7) is 5.70. The van der Waals surface area contributed by atoms with Crippen molar-refractivity contribution < 1.29 is 9.90 Å². The summed E-state index contributed by atoms with van der Waals surface area (Å²) in [4.78, 5) is 30.4. The van der Waals surface area contributed by atoms with Gasteiger partial charge in [0, 0.05) is 43.2 Å². The smallest absolute Gasteiger partial charge is 0.253 e. The van der Waals surface area contributed by atoms with Gasteiger partial charge in [-0.05, 0) is 43.4 Å². The maximum atomic E-state index is 12.4. The van der Waals surface area contributed by atoms with Crippen LogP contribution in [0.25, 0.3) is 0 Å². The summed E-state index contributed by atoms with van der Waals surface area (Å²) in [5.74, 6) is 2.74. The van der Waals surface area contributed by atoms with E-state index >= 15 is 0 Å². The molecule has 166 valence electrons. The van der Waals surface area contributed by atoms with Gasteiger partial charge in [-0.15, -0.1) is 0 Å². The van der Waals surface area contributed by atoms with Gasteiger partial charge in [0.15, 0.2) is 0 Å². The van der Waals surface area contributed by atoms with Gasteiger partial charge in [0.05, 0.1) is 12.4 Å². The Morgan fingerprint density at radius 1 is 1.23 bits per heavy atom. The number of rotatable bonds is 3. The van der Waals surface area contributed by atoms with Gasteiger partial charge in [0.2, 0.25) is 5.91 Å². The third-order valence-corrected chi connectivity index (χ3v) is 8.06. The van der Waals surface area contributed by atoms with Crippen molar-refractivity contribution in [3.63, 3.8) is 0 Å². The Morgan fingerprint density at radius 3 is 2.53 bits per heavy atom. The first-order chi connectivity index (χ1) is 14.4. The van der Waals surface area contributed by atoms with E-state index in [0.717, 1.165) is 25.7 Å². The van der Waals surface area contributed by atoms with Crippen LogP contribution in [0.5, 0.6) is 0 Å². The van der Waals surface area contributed by atoms with Gasteiger partial charge in [-0.2, -0.15) is 0 Å². The molecule has 5 atom stereocenters. The molecule has 4 fully saturated rings. The Hall–Kier alpha value is -1.69. The molecule has 3 saturated carbocycles. The highest BCUT2D eigenvalue weighted by Crippen LogP contribution is 2.51. The van der Waals surface area contributed by atoms with E-state index < -0.39 is 6.10 Å². The fraction of sp³-hybridized carbons (Fsp3) is 0.792. The maximum absolute atomic E-state index is 12.4. The lowest BCUT2D eigenvalue weighted by molar-refractivity contribution is -0.143. The lowest BCUT2D eigenvalue weighted by Crippen LogP contribution is -2.56. The van der Waals surface area contributed by atoms with Gasteiger partial charge in [-0.1, -0.05) is 39.5 Å². The fourth-order valence-electron chi connectivity index (χ4n) is 6.14. The molecule has 0 bridgehead atoms. The third kappa shape index (κ3) is 4.34. The topological polar surface area (TPSA) is 75.4 Å². The molecule has 0 aromatic carbocycles. The molecular weight excluding hydrogens is 378 g/mol. The average Bonchev–Trinajstić information content (AvgIpc) is 3.16. The third-order valence-electron chi connectivity index (χ3n) is 8.06. The number of aliphatic hydroxyl groups excluding tert-OH is 1. The molecule has 1 aromatic rings. The Morgan fingerprint density at radius 2 is 2.00 bits per heavy atom. The Balaban J connectivity index is 0.000000305. The van der Waals surface area contributed by atoms with Crippen molar-refractivity contribution >= 4 is 5.91 Å². The highest BCUT2D eigenvalue weighted by molar-refractivity contribution is 5.78. The number of aromatic nitrogens is 2. The second kappa shape index (κ2) is 8.81. The molecule has 6 heteroatoms. The SMILES string of the molecule is C1CC2CC2C1.CC(C)C(=O)N1CCC(Cn2cnccc2=O)C2(CCCC2O)C1. The Kier molecular flexibility index (Phi) is 6.33. The molecule has 1 spiro atoms. The molecule has 1 amide bonds. The molecule has 30 heavy (non-hydrogen) atoms. The van der Waals surface area contributed by atoms with Crippen LogP contribution >= 0.6 is 0 Å². The fourth-order valence-corrected chi connectivity index (χ4v) is 6.14. The summed E-state index contributed by atoms with van der Waals surface area (Å²) in [6, 6.07) is 1.47. The molecule has 5 rings (SSSR count). The minimum atomic E-state index is -0.405. The minimum Gasteiger partial charge on any atom is -0.392 e. The van der Waals surface area contributed by atoms with Crippen molar-refractivity contribution in [1.29, 1.82) is 0 Å². The first kappa shape index (κ1) is 21.5. The van der Waals surface area contributed by atoms with E-state index in [-0.39, 0.29) is 28.7 Å². The predicted molar refractivity (Wildman–Crippen MR) is 116 cm³/mol. The number of aliphatic hydroxyl groups is 1. The second-order valence-electron chi connectivity index (χ2n) is 10.3. The van der Waals surface area contributed by atoms with Crippen LogP contribution in [0.4, 0.5) is 0 Å². The van der Waals surface area contributed by atoms with E-state index in [0.29, 0.717) is 19.6 Å². The Labute approximate surface area is 179 Å². The molecule has 2 heterocycles. The van der Waals surface area contributed by atoms with Crippen LogP contribution in [-0.2, 0) is 11.3 Å². The van der Waals surface area contributed by atoms with Crippen molar-refractivity contribution in [1.82, 2.24) is 14.5 Å². The molecule has 1 N–H and O–H groups in total. The summed E-state index contributed by atoms with van der Waals surface area (Å²) < 4.78 is 1.64. The molecule has 1 aromatic heterocycles. The van der Waals surface area contributed by atoms with Crippen molar-refractivity contribution in [3.05, 3.63) is 28.9 Å². The van der Waals surface area contributed by atoms with Gasteiger partial charge in [0.1, 0.15) is 0 Å². The highest BCUT2D eigenvalue weighted by atomic mass is 16.3. The molecule has 1 aliphatic heterocycles. The number of fused-ring (bicyclic) bond motifs is 1. The predicted octanol–water partition coefficient (Wildman–Crippen LogP) is 3.09. The molecule has 1 saturated heterocycles. The lowest BCUT2D eigenvalue weighted by atomic mass is 9.68. The van der Waals surface area contributed by atoms with E-state index in [9.17, 15) is 14.7 Å². The number of hydrogen-bond donors (Lipinski definition) is 1. The number of amides is 1. The van der Waals surface area contributed by atoms with Gasteiger partial charge >= 0.3 is 0 Å². The molecule has 3 aliphatic carbocycles. The van der Waals surface area contributed by atoms with Crippen LogP contribution in [0.15, 0.2) is 23.4 Å². The van der Waals surface area contributed by atoms with Gasteiger partial charge in [-0.3, -0.25) is 14.2 Å². The van der Waals surface area contributed by atoms with E-state index in [1.807, 2.05) is 18.7 Å². The van der Waals surface area contributed by atoms with Crippen LogP contribution in [0.3, 0.4) is 0 Å². The summed E-state index contributed by atoms with van der Waals surface area (Å²) in [5, 5.41) is 10.7. The van der Waals surface area contributed by atoms with E-state index in [4.69, 9.17) is 0 Å². The zero-order valence-electron chi connectivity index (χ0n) is 18.5. The van der Waals surface area contributed by atoms with Gasteiger partial charge in [0.25, 0.3) is 5.56 Å². The molecule has 0 radical (unpaired) electrons. The quantitative estimate of drug-likeness (QED) is 0.823. The summed E-state index contributed by atoms with van der Waals surface area (Å²) in [5.41, 5.74) is -0.355. The Bertz CT molecular complexity index is 799. The number of piperidine rings is 1. The van der Waals surface area contributed by atoms with Crippen molar-refractivity contribution in [2.45, 2.75) is 77.9 Å². The van der Waals surface area contributed by atoms with E-state index in [1.54, 1.807) is 30.2 Å². The van der Waals surface area contributed by atoms with Gasteiger partial charge in [-0.25, -0.2) is 4.98 Å². The van der Waals surface area contributed by atoms with Crippen LogP contribution in [0.2, 0.25) is 0 Å². The van der Waals surface area contributed by atoms with Crippen LogP contribution in [0.1, 0.15) is 65.2 Å².